The molecule has 0 saturated heterocycles. The molecule has 0 aromatic carbocycles. The highest BCUT2D eigenvalue weighted by Crippen LogP contribution is 2.35. The van der Waals surface area contributed by atoms with Gasteiger partial charge in [0, 0.05) is 11.9 Å². The van der Waals surface area contributed by atoms with Crippen LogP contribution in [0.5, 0.6) is 0 Å². The Morgan fingerprint density at radius 2 is 2.00 bits per heavy atom. The molecule has 0 aliphatic heterocycles. The number of amides is 1. The van der Waals surface area contributed by atoms with Crippen LogP contribution in [0, 0.1) is 13.8 Å². The topological polar surface area (TPSA) is 59.8 Å². The third-order valence-corrected chi connectivity index (χ3v) is 4.46. The number of halogens is 4. The molecule has 1 amide bonds. The molecule has 2 rings (SSSR count). The van der Waals surface area contributed by atoms with Crippen molar-refractivity contribution in [2.24, 2.45) is 7.05 Å². The first-order valence-corrected chi connectivity index (χ1v) is 7.27. The number of aryl methyl sites for hydroxylation is 3. The van der Waals surface area contributed by atoms with Gasteiger partial charge < -0.3 is 0 Å². The van der Waals surface area contributed by atoms with Crippen molar-refractivity contribution in [1.82, 2.24) is 14.8 Å². The minimum absolute atomic E-state index is 0.215. The molecule has 0 saturated carbocycles. The number of anilines is 1. The molecule has 0 bridgehead atoms. The van der Waals surface area contributed by atoms with Gasteiger partial charge in [-0.3, -0.25) is 14.8 Å². The van der Waals surface area contributed by atoms with Crippen molar-refractivity contribution >= 4 is 38.3 Å². The van der Waals surface area contributed by atoms with Crippen LogP contribution in [0.3, 0.4) is 0 Å². The van der Waals surface area contributed by atoms with E-state index in [1.54, 1.807) is 6.92 Å². The first-order chi connectivity index (χ1) is 9.61. The number of nitrogens with zero attached hydrogens (tertiary/aromatic N) is 3. The fourth-order valence-corrected chi connectivity index (χ4v) is 3.16. The summed E-state index contributed by atoms with van der Waals surface area (Å²) < 4.78 is 38.7. The van der Waals surface area contributed by atoms with Crippen LogP contribution in [0.1, 0.15) is 26.8 Å². The average Bonchev–Trinajstić information content (AvgIpc) is 2.79. The lowest BCUT2D eigenvalue weighted by Crippen LogP contribution is -2.16. The maximum absolute atomic E-state index is 12.7. The Kier molecular flexibility index (Phi) is 4.11. The summed E-state index contributed by atoms with van der Waals surface area (Å²) in [4.78, 5) is 17.1. The minimum atomic E-state index is -4.64. The Balaban J connectivity index is 2.34. The van der Waals surface area contributed by atoms with Crippen molar-refractivity contribution < 1.29 is 18.0 Å². The molecular weight excluding hydrogens is 373 g/mol. The van der Waals surface area contributed by atoms with E-state index in [2.05, 4.69) is 31.3 Å². The van der Waals surface area contributed by atoms with Crippen LogP contribution < -0.4 is 5.32 Å². The van der Waals surface area contributed by atoms with Gasteiger partial charge in [0.05, 0.1) is 10.2 Å². The molecule has 21 heavy (non-hydrogen) atoms. The number of carbonyl (C=O) groups excluding carboxylic acids is 1. The van der Waals surface area contributed by atoms with Gasteiger partial charge in [-0.25, -0.2) is 4.98 Å². The summed E-state index contributed by atoms with van der Waals surface area (Å²) in [6.45, 7) is 3.62. The third kappa shape index (κ3) is 3.10. The second kappa shape index (κ2) is 5.41. The number of carbonyl (C=O) groups is 1. The van der Waals surface area contributed by atoms with Crippen LogP contribution in [0.4, 0.5) is 18.3 Å². The lowest BCUT2D eigenvalue weighted by molar-refractivity contribution is -0.142. The van der Waals surface area contributed by atoms with E-state index in [4.69, 9.17) is 0 Å². The number of hydrogen-bond donors (Lipinski definition) is 1. The number of aromatic nitrogens is 3. The Bertz CT molecular complexity index is 688. The predicted molar refractivity (Wildman–Crippen MR) is 75.5 cm³/mol. The Labute approximate surface area is 130 Å². The number of thiazole rings is 1. The van der Waals surface area contributed by atoms with Crippen LogP contribution in [0.25, 0.3) is 0 Å². The number of hydrogen-bond acceptors (Lipinski definition) is 4. The molecule has 1 N–H and O–H groups in total. The van der Waals surface area contributed by atoms with E-state index in [1.807, 2.05) is 6.92 Å². The second-order valence-electron chi connectivity index (χ2n) is 4.25. The van der Waals surface area contributed by atoms with Gasteiger partial charge in [0.2, 0.25) is 0 Å². The number of alkyl halides is 3. The smallest absolute Gasteiger partial charge is 0.296 e. The first-order valence-electron chi connectivity index (χ1n) is 5.66. The summed E-state index contributed by atoms with van der Waals surface area (Å²) in [5.74, 6) is -0.707. The Morgan fingerprint density at radius 3 is 2.43 bits per heavy atom. The van der Waals surface area contributed by atoms with Gasteiger partial charge in [-0.2, -0.15) is 18.3 Å². The van der Waals surface area contributed by atoms with Gasteiger partial charge in [-0.1, -0.05) is 0 Å². The summed E-state index contributed by atoms with van der Waals surface area (Å²) >= 11 is 4.04. The van der Waals surface area contributed by atoms with Gasteiger partial charge in [-0.15, -0.1) is 11.3 Å². The molecule has 2 aromatic heterocycles. The van der Waals surface area contributed by atoms with E-state index in [1.165, 1.54) is 18.4 Å². The van der Waals surface area contributed by atoms with E-state index in [-0.39, 0.29) is 10.2 Å². The first kappa shape index (κ1) is 16.0. The number of nitrogens with one attached hydrogen (secondary N) is 1. The van der Waals surface area contributed by atoms with Gasteiger partial charge in [-0.05, 0) is 29.8 Å². The van der Waals surface area contributed by atoms with Crippen molar-refractivity contribution in [3.63, 3.8) is 0 Å². The van der Waals surface area contributed by atoms with Crippen molar-refractivity contribution in [3.8, 4) is 0 Å². The fraction of sp³-hybridized carbons (Fsp3) is 0.364. The largest absolute Gasteiger partial charge is 0.436 e. The zero-order chi connectivity index (χ0) is 15.9. The van der Waals surface area contributed by atoms with Crippen molar-refractivity contribution in [2.75, 3.05) is 5.32 Å². The fourth-order valence-electron chi connectivity index (χ4n) is 1.61. The molecule has 0 unspecified atom stereocenters. The van der Waals surface area contributed by atoms with Crippen LogP contribution in [0.2, 0.25) is 0 Å². The van der Waals surface area contributed by atoms with Gasteiger partial charge >= 0.3 is 6.18 Å². The predicted octanol–water partition coefficient (Wildman–Crippen LogP) is 3.53. The van der Waals surface area contributed by atoms with E-state index < -0.39 is 17.8 Å². The van der Waals surface area contributed by atoms with Gasteiger partial charge in [0.15, 0.2) is 10.8 Å². The highest BCUT2D eigenvalue weighted by Gasteiger charge is 2.39. The molecule has 5 nitrogen and oxygen atoms in total. The maximum Gasteiger partial charge on any atom is 0.436 e. The highest BCUT2D eigenvalue weighted by atomic mass is 79.9. The third-order valence-electron chi connectivity index (χ3n) is 2.72. The van der Waals surface area contributed by atoms with E-state index in [9.17, 15) is 18.0 Å². The molecule has 114 valence electrons. The van der Waals surface area contributed by atoms with E-state index in [0.29, 0.717) is 5.13 Å². The van der Waals surface area contributed by atoms with Crippen molar-refractivity contribution in [2.45, 2.75) is 20.0 Å². The molecule has 10 heteroatoms. The second-order valence-corrected chi connectivity index (χ2v) is 6.24. The van der Waals surface area contributed by atoms with Crippen LogP contribution in [-0.4, -0.2) is 20.7 Å². The molecule has 0 spiro atoms. The quantitative estimate of drug-likeness (QED) is 0.863. The van der Waals surface area contributed by atoms with Crippen LogP contribution in [-0.2, 0) is 13.2 Å². The molecule has 0 radical (unpaired) electrons. The summed E-state index contributed by atoms with van der Waals surface area (Å²) in [7, 11) is 1.27. The van der Waals surface area contributed by atoms with E-state index >= 15 is 0 Å². The van der Waals surface area contributed by atoms with Crippen LogP contribution >= 0.6 is 27.3 Å². The summed E-state index contributed by atoms with van der Waals surface area (Å²) in [5.41, 5.74) is -0.593. The SMILES string of the molecule is Cc1nc(NC(=O)c2c(Br)c(C(F)(F)F)nn2C)sc1C. The van der Waals surface area contributed by atoms with Crippen LogP contribution in [0.15, 0.2) is 4.47 Å². The monoisotopic (exact) mass is 382 g/mol. The van der Waals surface area contributed by atoms with Gasteiger partial charge in [0.1, 0.15) is 5.69 Å². The standard InChI is InChI=1S/C11H10BrF3N4OS/c1-4-5(2)21-10(16-4)17-9(20)7-6(12)8(11(13,14)15)18-19(7)3/h1-3H3,(H,16,17,20). The molecule has 0 fully saturated rings. The minimum Gasteiger partial charge on any atom is -0.296 e. The van der Waals surface area contributed by atoms with Crippen molar-refractivity contribution in [3.05, 3.63) is 26.4 Å². The lowest BCUT2D eigenvalue weighted by Gasteiger charge is -2.03. The summed E-state index contributed by atoms with van der Waals surface area (Å²) in [6.07, 6.45) is -4.64. The lowest BCUT2D eigenvalue weighted by atomic mass is 10.3. The Hall–Kier alpha value is -1.42. The molecule has 0 atom stereocenters. The number of rotatable bonds is 2. The van der Waals surface area contributed by atoms with Gasteiger partial charge in [0.25, 0.3) is 5.91 Å². The Morgan fingerprint density at radius 1 is 1.38 bits per heavy atom. The van der Waals surface area contributed by atoms with E-state index in [0.717, 1.165) is 15.3 Å². The zero-order valence-corrected chi connectivity index (χ0v) is 13.6. The molecule has 0 aliphatic rings. The summed E-state index contributed by atoms with van der Waals surface area (Å²) in [5, 5.41) is 6.14. The molecule has 2 aromatic rings. The molecular formula is C11H10BrF3N4OS. The highest BCUT2D eigenvalue weighted by molar-refractivity contribution is 9.10. The normalized spacial score (nSPS) is 11.8. The molecule has 0 aliphatic carbocycles. The molecule has 2 heterocycles. The maximum atomic E-state index is 12.7. The van der Waals surface area contributed by atoms with Crippen molar-refractivity contribution in [1.29, 1.82) is 0 Å². The zero-order valence-electron chi connectivity index (χ0n) is 11.2. The average molecular weight is 383 g/mol. The summed E-state index contributed by atoms with van der Waals surface area (Å²) in [6, 6.07) is 0.